The fraction of sp³-hybridized carbons (Fsp3) is 0.273. The van der Waals surface area contributed by atoms with E-state index >= 15 is 0 Å². The van der Waals surface area contributed by atoms with Crippen LogP contribution in [0.5, 0.6) is 0 Å². The lowest BCUT2D eigenvalue weighted by atomic mass is 10.2. The summed E-state index contributed by atoms with van der Waals surface area (Å²) in [6, 6.07) is 5.57. The number of hydrogen-bond donors (Lipinski definition) is 1. The third-order valence-electron chi connectivity index (χ3n) is 2.83. The maximum atomic E-state index is 6.01. The highest BCUT2D eigenvalue weighted by atomic mass is 79.9. The van der Waals surface area contributed by atoms with E-state index in [0.717, 1.165) is 28.7 Å². The van der Waals surface area contributed by atoms with Crippen LogP contribution in [0, 0.1) is 0 Å². The van der Waals surface area contributed by atoms with E-state index in [1.807, 2.05) is 18.2 Å². The predicted octanol–water partition coefficient (Wildman–Crippen LogP) is 3.14. The maximum Gasteiger partial charge on any atom is 0.169 e. The second kappa shape index (κ2) is 3.99. The molecule has 1 fully saturated rings. The van der Waals surface area contributed by atoms with Gasteiger partial charge in [0.15, 0.2) is 5.82 Å². The average Bonchev–Trinajstić information content (AvgIpc) is 3.06. The minimum absolute atomic E-state index is 0.482. The molecule has 1 aromatic heterocycles. The van der Waals surface area contributed by atoms with E-state index in [1.165, 1.54) is 0 Å². The zero-order chi connectivity index (χ0) is 12.0. The Bertz CT molecular complexity index is 577. The molecule has 1 aliphatic carbocycles. The van der Waals surface area contributed by atoms with Crippen molar-refractivity contribution >= 4 is 33.3 Å². The molecule has 0 aliphatic heterocycles. The van der Waals surface area contributed by atoms with Crippen LogP contribution in [-0.2, 0) is 0 Å². The third kappa shape index (κ3) is 1.93. The second-order valence-electron chi connectivity index (χ2n) is 4.14. The molecule has 0 amide bonds. The molecule has 0 spiro atoms. The molecule has 17 heavy (non-hydrogen) atoms. The minimum Gasteiger partial charge on any atom is -0.381 e. The molecule has 1 aromatic carbocycles. The fourth-order valence-electron chi connectivity index (χ4n) is 1.87. The van der Waals surface area contributed by atoms with Gasteiger partial charge in [0.05, 0.1) is 11.4 Å². The molecule has 0 atom stereocenters. The lowest BCUT2D eigenvalue weighted by Gasteiger charge is -2.08. The SMILES string of the molecule is Nc1nnn(-c2cc(Cl)ccc2Br)c1C1CC1. The number of nitrogen functional groups attached to an aromatic ring is 1. The van der Waals surface area contributed by atoms with Crippen molar-refractivity contribution in [3.05, 3.63) is 33.4 Å². The predicted molar refractivity (Wildman–Crippen MR) is 70.5 cm³/mol. The molecule has 4 nitrogen and oxygen atoms in total. The Morgan fingerprint density at radius 2 is 2.18 bits per heavy atom. The van der Waals surface area contributed by atoms with Crippen molar-refractivity contribution in [1.82, 2.24) is 15.0 Å². The van der Waals surface area contributed by atoms with E-state index in [9.17, 15) is 0 Å². The minimum atomic E-state index is 0.482. The standard InChI is InChI=1S/C11H10BrClN4/c12-8-4-3-7(13)5-9(8)17-10(6-1-2-6)11(14)15-16-17/h3-6H,1-2,14H2. The van der Waals surface area contributed by atoms with E-state index in [-0.39, 0.29) is 0 Å². The molecule has 1 aliphatic rings. The van der Waals surface area contributed by atoms with Crippen LogP contribution in [0.3, 0.4) is 0 Å². The molecule has 0 saturated heterocycles. The van der Waals surface area contributed by atoms with Crippen molar-refractivity contribution in [1.29, 1.82) is 0 Å². The van der Waals surface area contributed by atoms with Crippen molar-refractivity contribution < 1.29 is 0 Å². The monoisotopic (exact) mass is 312 g/mol. The number of anilines is 1. The summed E-state index contributed by atoms with van der Waals surface area (Å²) in [7, 11) is 0. The fourth-order valence-corrected chi connectivity index (χ4v) is 2.45. The molecule has 2 aromatic rings. The summed E-state index contributed by atoms with van der Waals surface area (Å²) < 4.78 is 2.71. The second-order valence-corrected chi connectivity index (χ2v) is 5.43. The molecule has 6 heteroatoms. The smallest absolute Gasteiger partial charge is 0.169 e. The Kier molecular flexibility index (Phi) is 2.60. The molecule has 1 saturated carbocycles. The molecule has 0 bridgehead atoms. The first-order chi connectivity index (χ1) is 8.16. The highest BCUT2D eigenvalue weighted by molar-refractivity contribution is 9.10. The van der Waals surface area contributed by atoms with Gasteiger partial charge in [-0.15, -0.1) is 5.10 Å². The lowest BCUT2D eigenvalue weighted by molar-refractivity contribution is 0.761. The topological polar surface area (TPSA) is 56.7 Å². The highest BCUT2D eigenvalue weighted by Crippen LogP contribution is 2.43. The van der Waals surface area contributed by atoms with Crippen molar-refractivity contribution in [2.45, 2.75) is 18.8 Å². The molecule has 1 heterocycles. The van der Waals surface area contributed by atoms with Crippen molar-refractivity contribution in [3.8, 4) is 5.69 Å². The third-order valence-corrected chi connectivity index (χ3v) is 3.74. The molecule has 0 unspecified atom stereocenters. The van der Waals surface area contributed by atoms with Gasteiger partial charge in [-0.3, -0.25) is 0 Å². The number of nitrogens with two attached hydrogens (primary N) is 1. The van der Waals surface area contributed by atoms with Crippen LogP contribution in [0.15, 0.2) is 22.7 Å². The summed E-state index contributed by atoms with van der Waals surface area (Å²) in [5.41, 5.74) is 7.74. The molecular weight excluding hydrogens is 304 g/mol. The zero-order valence-corrected chi connectivity index (χ0v) is 11.2. The Balaban J connectivity index is 2.17. The van der Waals surface area contributed by atoms with E-state index in [2.05, 4.69) is 26.2 Å². The Morgan fingerprint density at radius 1 is 1.41 bits per heavy atom. The summed E-state index contributed by atoms with van der Waals surface area (Å²) in [5.74, 6) is 0.996. The van der Waals surface area contributed by atoms with Gasteiger partial charge in [-0.2, -0.15) is 0 Å². The molecule has 88 valence electrons. The maximum absolute atomic E-state index is 6.01. The first-order valence-corrected chi connectivity index (χ1v) is 6.50. The van der Waals surface area contributed by atoms with Crippen LogP contribution in [0.1, 0.15) is 24.5 Å². The van der Waals surface area contributed by atoms with Crippen LogP contribution >= 0.6 is 27.5 Å². The van der Waals surface area contributed by atoms with Crippen LogP contribution in [-0.4, -0.2) is 15.0 Å². The Hall–Kier alpha value is -1.07. The van der Waals surface area contributed by atoms with Gasteiger partial charge in [0, 0.05) is 15.4 Å². The van der Waals surface area contributed by atoms with Crippen molar-refractivity contribution in [2.24, 2.45) is 0 Å². The van der Waals surface area contributed by atoms with Crippen LogP contribution in [0.25, 0.3) is 5.69 Å². The summed E-state index contributed by atoms with van der Waals surface area (Å²) in [5, 5.41) is 8.72. The van der Waals surface area contributed by atoms with Gasteiger partial charge in [0.2, 0.25) is 0 Å². The van der Waals surface area contributed by atoms with Gasteiger partial charge < -0.3 is 5.73 Å². The highest BCUT2D eigenvalue weighted by Gasteiger charge is 2.31. The molecule has 0 radical (unpaired) electrons. The first-order valence-electron chi connectivity index (χ1n) is 5.33. The van der Waals surface area contributed by atoms with E-state index in [0.29, 0.717) is 16.8 Å². The molecule has 2 N–H and O–H groups in total. The summed E-state index contributed by atoms with van der Waals surface area (Å²) in [6.45, 7) is 0. The number of benzene rings is 1. The summed E-state index contributed by atoms with van der Waals surface area (Å²) >= 11 is 9.50. The first kappa shape index (κ1) is 11.0. The van der Waals surface area contributed by atoms with E-state index < -0.39 is 0 Å². The van der Waals surface area contributed by atoms with Crippen LogP contribution in [0.4, 0.5) is 5.82 Å². The van der Waals surface area contributed by atoms with Gasteiger partial charge in [0.1, 0.15) is 0 Å². The van der Waals surface area contributed by atoms with Crippen LogP contribution in [0.2, 0.25) is 5.02 Å². The largest absolute Gasteiger partial charge is 0.381 e. The number of aromatic nitrogens is 3. The number of hydrogen-bond acceptors (Lipinski definition) is 3. The summed E-state index contributed by atoms with van der Waals surface area (Å²) in [6.07, 6.45) is 2.30. The van der Waals surface area contributed by atoms with Crippen LogP contribution < -0.4 is 5.73 Å². The van der Waals surface area contributed by atoms with Crippen molar-refractivity contribution in [3.63, 3.8) is 0 Å². The Morgan fingerprint density at radius 3 is 2.88 bits per heavy atom. The molecule has 3 rings (SSSR count). The average molecular weight is 314 g/mol. The molecular formula is C11H10BrClN4. The quantitative estimate of drug-likeness (QED) is 0.926. The Labute approximate surface area is 112 Å². The van der Waals surface area contributed by atoms with Gasteiger partial charge in [-0.25, -0.2) is 4.68 Å². The lowest BCUT2D eigenvalue weighted by Crippen LogP contribution is -2.03. The van der Waals surface area contributed by atoms with Crippen molar-refractivity contribution in [2.75, 3.05) is 5.73 Å². The number of halogens is 2. The van der Waals surface area contributed by atoms with Gasteiger partial charge in [0.25, 0.3) is 0 Å². The van der Waals surface area contributed by atoms with Gasteiger partial charge in [-0.1, -0.05) is 16.8 Å². The van der Waals surface area contributed by atoms with Gasteiger partial charge in [-0.05, 0) is 47.0 Å². The number of nitrogens with zero attached hydrogens (tertiary/aromatic N) is 3. The summed E-state index contributed by atoms with van der Waals surface area (Å²) in [4.78, 5) is 0. The normalized spacial score (nSPS) is 15.2. The van der Waals surface area contributed by atoms with Gasteiger partial charge >= 0.3 is 0 Å². The van der Waals surface area contributed by atoms with E-state index in [1.54, 1.807) is 4.68 Å². The zero-order valence-electron chi connectivity index (χ0n) is 8.90. The number of rotatable bonds is 2. The van der Waals surface area contributed by atoms with E-state index in [4.69, 9.17) is 17.3 Å².